The molecule has 0 amide bonds. The summed E-state index contributed by atoms with van der Waals surface area (Å²) in [5, 5.41) is 19.9. The van der Waals surface area contributed by atoms with Gasteiger partial charge < -0.3 is 15.3 Å². The first-order valence-electron chi connectivity index (χ1n) is 9.79. The number of nitrogens with zero attached hydrogens (tertiary/aromatic N) is 3. The third-order valence-electron chi connectivity index (χ3n) is 4.10. The molecule has 0 aliphatic heterocycles. The van der Waals surface area contributed by atoms with Crippen LogP contribution in [0.2, 0.25) is 0 Å². The molecule has 0 aliphatic rings. The van der Waals surface area contributed by atoms with Gasteiger partial charge in [0.2, 0.25) is 0 Å². The molecule has 7 heteroatoms. The number of carboxylic acid groups (broad SMARTS) is 1. The summed E-state index contributed by atoms with van der Waals surface area (Å²) in [6.45, 7) is 10.1. The van der Waals surface area contributed by atoms with Gasteiger partial charge in [-0.3, -0.25) is 4.79 Å². The fraction of sp³-hybridized carbons (Fsp3) is 0.364. The van der Waals surface area contributed by atoms with E-state index < -0.39 is 5.97 Å². The molecule has 0 heterocycles. The number of nitrogens with one attached hydrogen (secondary N) is 1. The Balaban J connectivity index is 0.000000516. The number of rotatable bonds is 9. The summed E-state index contributed by atoms with van der Waals surface area (Å²) >= 11 is 5.09. The van der Waals surface area contributed by atoms with Crippen molar-refractivity contribution in [1.82, 2.24) is 4.90 Å². The minimum absolute atomic E-state index is 0.0230. The lowest BCUT2D eigenvalue weighted by Gasteiger charge is -2.13. The molecule has 2 rings (SSSR count). The SMILES string of the molecule is CCN(CC)CC.O=C(O)CCC(=S)Nc1ccc(N=Nc2ccccc2)cc1. The first kappa shape index (κ1) is 24.4. The third-order valence-corrected chi connectivity index (χ3v) is 4.40. The van der Waals surface area contributed by atoms with Crippen molar-refractivity contribution in [2.45, 2.75) is 33.6 Å². The summed E-state index contributed by atoms with van der Waals surface area (Å²) in [6, 6.07) is 16.8. The molecule has 0 aromatic heterocycles. The van der Waals surface area contributed by atoms with Crippen LogP contribution in [0.1, 0.15) is 33.6 Å². The number of aliphatic carboxylic acids is 1. The quantitative estimate of drug-likeness (QED) is 0.385. The Morgan fingerprint density at radius 3 is 1.86 bits per heavy atom. The summed E-state index contributed by atoms with van der Waals surface area (Å²) in [6.07, 6.45) is 0.343. The van der Waals surface area contributed by atoms with Gasteiger partial charge in [0.1, 0.15) is 0 Å². The van der Waals surface area contributed by atoms with Crippen LogP contribution in [0.15, 0.2) is 64.8 Å². The van der Waals surface area contributed by atoms with E-state index in [0.29, 0.717) is 11.4 Å². The highest BCUT2D eigenvalue weighted by Gasteiger charge is 2.02. The van der Waals surface area contributed by atoms with Gasteiger partial charge in [-0.05, 0) is 56.0 Å². The van der Waals surface area contributed by atoms with Gasteiger partial charge in [0.15, 0.2) is 0 Å². The summed E-state index contributed by atoms with van der Waals surface area (Å²) in [4.78, 5) is 13.4. The summed E-state index contributed by atoms with van der Waals surface area (Å²) in [5.74, 6) is -0.860. The van der Waals surface area contributed by atoms with E-state index in [1.807, 2.05) is 54.6 Å². The van der Waals surface area contributed by atoms with E-state index in [-0.39, 0.29) is 6.42 Å². The van der Waals surface area contributed by atoms with Crippen LogP contribution in [-0.2, 0) is 4.79 Å². The van der Waals surface area contributed by atoms with Crippen LogP contribution in [0.5, 0.6) is 0 Å². The monoisotopic (exact) mass is 414 g/mol. The Kier molecular flexibility index (Phi) is 12.1. The second-order valence-electron chi connectivity index (χ2n) is 6.14. The first-order chi connectivity index (χ1) is 14.0. The lowest BCUT2D eigenvalue weighted by atomic mass is 10.2. The number of hydrogen-bond acceptors (Lipinski definition) is 5. The molecule has 29 heavy (non-hydrogen) atoms. The average Bonchev–Trinajstić information content (AvgIpc) is 2.74. The van der Waals surface area contributed by atoms with E-state index in [1.54, 1.807) is 0 Å². The number of benzene rings is 2. The fourth-order valence-corrected chi connectivity index (χ4v) is 2.56. The zero-order chi connectivity index (χ0) is 21.5. The summed E-state index contributed by atoms with van der Waals surface area (Å²) in [5.41, 5.74) is 2.32. The van der Waals surface area contributed by atoms with Crippen LogP contribution in [0.25, 0.3) is 0 Å². The van der Waals surface area contributed by atoms with Crippen LogP contribution < -0.4 is 5.32 Å². The third kappa shape index (κ3) is 11.1. The maximum absolute atomic E-state index is 10.5. The van der Waals surface area contributed by atoms with Gasteiger partial charge in [-0.1, -0.05) is 51.2 Å². The maximum Gasteiger partial charge on any atom is 0.303 e. The molecular formula is C22H30N4O2S. The van der Waals surface area contributed by atoms with Gasteiger partial charge in [-0.15, -0.1) is 0 Å². The molecule has 0 bridgehead atoms. The van der Waals surface area contributed by atoms with E-state index in [1.165, 1.54) is 19.6 Å². The lowest BCUT2D eigenvalue weighted by molar-refractivity contribution is -0.136. The standard InChI is InChI=1S/C16H15N3O2S.C6H15N/c20-16(21)11-10-15(22)17-12-6-8-14(9-7-12)19-18-13-4-2-1-3-5-13;1-4-7(5-2)6-3/h1-9H,10-11H2,(H,17,22)(H,20,21);4-6H2,1-3H3. The second kappa shape index (κ2) is 14.4. The van der Waals surface area contributed by atoms with Crippen molar-refractivity contribution in [3.8, 4) is 0 Å². The van der Waals surface area contributed by atoms with Crippen molar-refractivity contribution in [2.24, 2.45) is 10.2 Å². The molecule has 0 unspecified atom stereocenters. The van der Waals surface area contributed by atoms with Gasteiger partial charge in [-0.25, -0.2) is 0 Å². The molecule has 0 atom stereocenters. The molecule has 0 aliphatic carbocycles. The van der Waals surface area contributed by atoms with Crippen molar-refractivity contribution in [2.75, 3.05) is 25.0 Å². The minimum Gasteiger partial charge on any atom is -0.481 e. The van der Waals surface area contributed by atoms with Gasteiger partial charge >= 0.3 is 5.97 Å². The van der Waals surface area contributed by atoms with Crippen molar-refractivity contribution in [1.29, 1.82) is 0 Å². The smallest absolute Gasteiger partial charge is 0.303 e. The van der Waals surface area contributed by atoms with Crippen molar-refractivity contribution < 1.29 is 9.90 Å². The highest BCUT2D eigenvalue weighted by molar-refractivity contribution is 7.80. The van der Waals surface area contributed by atoms with E-state index in [0.717, 1.165) is 17.1 Å². The zero-order valence-corrected chi connectivity index (χ0v) is 18.2. The number of thiocarbonyl (C=S) groups is 1. The predicted molar refractivity (Wildman–Crippen MR) is 124 cm³/mol. The van der Waals surface area contributed by atoms with Crippen molar-refractivity contribution in [3.05, 3.63) is 54.6 Å². The molecule has 2 N–H and O–H groups in total. The molecular weight excluding hydrogens is 384 g/mol. The van der Waals surface area contributed by atoms with Crippen LogP contribution in [0, 0.1) is 0 Å². The van der Waals surface area contributed by atoms with Crippen LogP contribution >= 0.6 is 12.2 Å². The normalized spacial score (nSPS) is 10.5. The van der Waals surface area contributed by atoms with Gasteiger partial charge in [0.05, 0.1) is 22.8 Å². The zero-order valence-electron chi connectivity index (χ0n) is 17.3. The van der Waals surface area contributed by atoms with E-state index in [4.69, 9.17) is 17.3 Å². The summed E-state index contributed by atoms with van der Waals surface area (Å²) in [7, 11) is 0. The van der Waals surface area contributed by atoms with Crippen LogP contribution in [0.4, 0.5) is 17.1 Å². The number of anilines is 1. The van der Waals surface area contributed by atoms with Crippen LogP contribution in [0.3, 0.4) is 0 Å². The van der Waals surface area contributed by atoms with E-state index in [9.17, 15) is 4.79 Å². The molecule has 0 saturated heterocycles. The lowest BCUT2D eigenvalue weighted by Crippen LogP contribution is -2.21. The van der Waals surface area contributed by atoms with Crippen molar-refractivity contribution >= 4 is 40.2 Å². The number of carbonyl (C=O) groups is 1. The first-order valence-corrected chi connectivity index (χ1v) is 10.2. The molecule has 0 saturated carbocycles. The van der Waals surface area contributed by atoms with Crippen molar-refractivity contribution in [3.63, 3.8) is 0 Å². The van der Waals surface area contributed by atoms with Crippen LogP contribution in [-0.4, -0.2) is 40.6 Å². The number of azo groups is 1. The molecule has 0 fully saturated rings. The number of carboxylic acids is 1. The maximum atomic E-state index is 10.5. The molecule has 2 aromatic carbocycles. The van der Waals surface area contributed by atoms with Gasteiger partial charge in [0.25, 0.3) is 0 Å². The topological polar surface area (TPSA) is 77.3 Å². The Morgan fingerprint density at radius 2 is 1.41 bits per heavy atom. The highest BCUT2D eigenvalue weighted by atomic mass is 32.1. The molecule has 6 nitrogen and oxygen atoms in total. The largest absolute Gasteiger partial charge is 0.481 e. The Hall–Kier alpha value is -2.64. The Labute approximate surface area is 178 Å². The molecule has 2 aromatic rings. The Bertz CT molecular complexity index is 755. The van der Waals surface area contributed by atoms with Gasteiger partial charge in [-0.2, -0.15) is 10.2 Å². The fourth-order valence-electron chi connectivity index (χ4n) is 2.34. The molecule has 0 radical (unpaired) electrons. The Morgan fingerprint density at radius 1 is 0.897 bits per heavy atom. The number of hydrogen-bond donors (Lipinski definition) is 2. The molecule has 0 spiro atoms. The predicted octanol–water partition coefficient (Wildman–Crippen LogP) is 6.05. The van der Waals surface area contributed by atoms with E-state index in [2.05, 4.69) is 41.2 Å². The molecule has 156 valence electrons. The highest BCUT2D eigenvalue weighted by Crippen LogP contribution is 2.20. The second-order valence-corrected chi connectivity index (χ2v) is 6.64. The minimum atomic E-state index is -0.860. The van der Waals surface area contributed by atoms with Gasteiger partial charge in [0, 0.05) is 12.1 Å². The average molecular weight is 415 g/mol. The van der Waals surface area contributed by atoms with E-state index >= 15 is 0 Å². The summed E-state index contributed by atoms with van der Waals surface area (Å²) < 4.78 is 0.